The van der Waals surface area contributed by atoms with Crippen molar-refractivity contribution in [3.63, 3.8) is 0 Å². The van der Waals surface area contributed by atoms with Crippen molar-refractivity contribution in [1.29, 1.82) is 0 Å². The number of aliphatic hydroxyl groups is 1. The van der Waals surface area contributed by atoms with Crippen LogP contribution in [0.25, 0.3) is 0 Å². The molecule has 2 atom stereocenters. The predicted octanol–water partition coefficient (Wildman–Crippen LogP) is 1.48. The number of aliphatic hydroxyl groups excluding tert-OH is 1. The molecule has 1 aromatic rings. The topological polar surface area (TPSA) is 92.4 Å². The SMILES string of the molecule is Nc1cc(F)ccc1S(=O)(=O)NCC1CCCCC1CO. The first-order valence-corrected chi connectivity index (χ1v) is 8.58. The highest BCUT2D eigenvalue weighted by Gasteiger charge is 2.26. The van der Waals surface area contributed by atoms with Gasteiger partial charge in [-0.1, -0.05) is 12.8 Å². The fraction of sp³-hybridized carbons (Fsp3) is 0.571. The Labute approximate surface area is 124 Å². The number of nitrogens with one attached hydrogen (secondary N) is 1. The predicted molar refractivity (Wildman–Crippen MR) is 78.5 cm³/mol. The fourth-order valence-corrected chi connectivity index (χ4v) is 4.06. The minimum atomic E-state index is -3.76. The largest absolute Gasteiger partial charge is 0.398 e. The van der Waals surface area contributed by atoms with E-state index in [4.69, 9.17) is 5.73 Å². The van der Waals surface area contributed by atoms with E-state index in [9.17, 15) is 17.9 Å². The number of nitrogens with two attached hydrogens (primary N) is 1. The van der Waals surface area contributed by atoms with Crippen molar-refractivity contribution in [2.24, 2.45) is 11.8 Å². The Morgan fingerprint density at radius 3 is 2.57 bits per heavy atom. The number of rotatable bonds is 5. The van der Waals surface area contributed by atoms with E-state index in [2.05, 4.69) is 4.72 Å². The molecule has 1 saturated carbocycles. The average molecular weight is 316 g/mol. The van der Waals surface area contributed by atoms with Gasteiger partial charge in [-0.25, -0.2) is 17.5 Å². The molecule has 0 amide bonds. The van der Waals surface area contributed by atoms with Gasteiger partial charge in [0.1, 0.15) is 10.7 Å². The van der Waals surface area contributed by atoms with E-state index in [1.807, 2.05) is 0 Å². The zero-order chi connectivity index (χ0) is 15.5. The lowest BCUT2D eigenvalue weighted by molar-refractivity contribution is 0.136. The number of hydrogen-bond donors (Lipinski definition) is 3. The fourth-order valence-electron chi connectivity index (χ4n) is 2.85. The third-order valence-electron chi connectivity index (χ3n) is 4.10. The van der Waals surface area contributed by atoms with Crippen LogP contribution in [0.2, 0.25) is 0 Å². The molecule has 4 N–H and O–H groups in total. The van der Waals surface area contributed by atoms with Gasteiger partial charge < -0.3 is 10.8 Å². The number of anilines is 1. The van der Waals surface area contributed by atoms with Crippen LogP contribution in [-0.2, 0) is 10.0 Å². The molecule has 1 aliphatic carbocycles. The van der Waals surface area contributed by atoms with Gasteiger partial charge in [0.25, 0.3) is 0 Å². The van der Waals surface area contributed by atoms with E-state index in [1.165, 1.54) is 0 Å². The number of nitrogen functional groups attached to an aromatic ring is 1. The first kappa shape index (κ1) is 16.2. The van der Waals surface area contributed by atoms with Crippen LogP contribution in [-0.4, -0.2) is 26.7 Å². The number of sulfonamides is 1. The minimum absolute atomic E-state index is 0.0745. The van der Waals surface area contributed by atoms with E-state index in [0.29, 0.717) is 0 Å². The lowest BCUT2D eigenvalue weighted by Gasteiger charge is -2.30. The van der Waals surface area contributed by atoms with Crippen LogP contribution >= 0.6 is 0 Å². The van der Waals surface area contributed by atoms with Crippen molar-refractivity contribution < 1.29 is 17.9 Å². The Balaban J connectivity index is 2.07. The lowest BCUT2D eigenvalue weighted by Crippen LogP contribution is -2.35. The summed E-state index contributed by atoms with van der Waals surface area (Å²) >= 11 is 0. The second-order valence-corrected chi connectivity index (χ2v) is 7.26. The molecule has 5 nitrogen and oxygen atoms in total. The molecule has 1 aliphatic rings. The van der Waals surface area contributed by atoms with Crippen LogP contribution in [0, 0.1) is 17.7 Å². The molecule has 2 unspecified atom stereocenters. The van der Waals surface area contributed by atoms with Gasteiger partial charge in [-0.3, -0.25) is 0 Å². The van der Waals surface area contributed by atoms with E-state index >= 15 is 0 Å². The average Bonchev–Trinajstić information content (AvgIpc) is 2.45. The summed E-state index contributed by atoms with van der Waals surface area (Å²) in [5.41, 5.74) is 5.46. The molecule has 0 bridgehead atoms. The smallest absolute Gasteiger partial charge is 0.242 e. The molecule has 0 saturated heterocycles. The Morgan fingerprint density at radius 2 is 1.95 bits per heavy atom. The standard InChI is InChI=1S/C14H21FN2O3S/c15-12-5-6-14(13(16)7-12)21(19,20)17-8-10-3-1-2-4-11(10)9-18/h5-7,10-11,17-18H,1-4,8-9,16H2. The third-order valence-corrected chi connectivity index (χ3v) is 5.60. The van der Waals surface area contributed by atoms with Crippen molar-refractivity contribution in [2.45, 2.75) is 30.6 Å². The first-order valence-electron chi connectivity index (χ1n) is 7.09. The molecular formula is C14H21FN2O3S. The van der Waals surface area contributed by atoms with Crippen molar-refractivity contribution in [2.75, 3.05) is 18.9 Å². The van der Waals surface area contributed by atoms with Gasteiger partial charge in [-0.2, -0.15) is 0 Å². The van der Waals surface area contributed by atoms with Gasteiger partial charge in [0.2, 0.25) is 10.0 Å². The summed E-state index contributed by atoms with van der Waals surface area (Å²) in [7, 11) is -3.76. The quantitative estimate of drug-likeness (QED) is 0.718. The summed E-state index contributed by atoms with van der Waals surface area (Å²) in [6.07, 6.45) is 3.93. The molecule has 1 aromatic carbocycles. The Hall–Kier alpha value is -1.18. The summed E-state index contributed by atoms with van der Waals surface area (Å²) in [4.78, 5) is -0.111. The van der Waals surface area contributed by atoms with Crippen LogP contribution < -0.4 is 10.5 Å². The van der Waals surface area contributed by atoms with E-state index in [1.54, 1.807) is 0 Å². The van der Waals surface area contributed by atoms with Gasteiger partial charge in [-0.05, 0) is 42.9 Å². The highest BCUT2D eigenvalue weighted by Crippen LogP contribution is 2.29. The van der Waals surface area contributed by atoms with Crippen LogP contribution in [0.15, 0.2) is 23.1 Å². The van der Waals surface area contributed by atoms with E-state index in [0.717, 1.165) is 43.9 Å². The van der Waals surface area contributed by atoms with E-state index in [-0.39, 0.29) is 35.6 Å². The monoisotopic (exact) mass is 316 g/mol. The molecule has 0 radical (unpaired) electrons. The minimum Gasteiger partial charge on any atom is -0.398 e. The molecule has 0 aliphatic heterocycles. The summed E-state index contributed by atoms with van der Waals surface area (Å²) in [6.45, 7) is 0.343. The second-order valence-electron chi connectivity index (χ2n) is 5.52. The molecule has 118 valence electrons. The third kappa shape index (κ3) is 3.93. The van der Waals surface area contributed by atoms with Gasteiger partial charge in [0.05, 0.1) is 5.69 Å². The molecule has 0 aromatic heterocycles. The molecule has 0 heterocycles. The van der Waals surface area contributed by atoms with Crippen LogP contribution in [0.3, 0.4) is 0 Å². The lowest BCUT2D eigenvalue weighted by atomic mass is 9.80. The highest BCUT2D eigenvalue weighted by molar-refractivity contribution is 7.89. The summed E-state index contributed by atoms with van der Waals surface area (Å²) in [6, 6.07) is 3.23. The summed E-state index contributed by atoms with van der Waals surface area (Å²) in [5.74, 6) is -0.314. The maximum absolute atomic E-state index is 13.0. The Morgan fingerprint density at radius 1 is 1.29 bits per heavy atom. The number of benzene rings is 1. The summed E-state index contributed by atoms with van der Waals surface area (Å²) < 4.78 is 40.0. The molecule has 0 spiro atoms. The molecule has 21 heavy (non-hydrogen) atoms. The van der Waals surface area contributed by atoms with Crippen molar-refractivity contribution in [3.8, 4) is 0 Å². The second kappa shape index (κ2) is 6.72. The van der Waals surface area contributed by atoms with Gasteiger partial charge in [-0.15, -0.1) is 0 Å². The molecule has 1 fully saturated rings. The molecule has 7 heteroatoms. The van der Waals surface area contributed by atoms with Crippen LogP contribution in [0.1, 0.15) is 25.7 Å². The number of hydrogen-bond acceptors (Lipinski definition) is 4. The van der Waals surface area contributed by atoms with Crippen molar-refractivity contribution in [3.05, 3.63) is 24.0 Å². The highest BCUT2D eigenvalue weighted by atomic mass is 32.2. The maximum atomic E-state index is 13.0. The maximum Gasteiger partial charge on any atom is 0.242 e. The number of halogens is 1. The normalized spacial score (nSPS) is 23.1. The van der Waals surface area contributed by atoms with Crippen molar-refractivity contribution in [1.82, 2.24) is 4.72 Å². The Kier molecular flexibility index (Phi) is 5.18. The van der Waals surface area contributed by atoms with E-state index < -0.39 is 15.8 Å². The van der Waals surface area contributed by atoms with Gasteiger partial charge >= 0.3 is 0 Å². The van der Waals surface area contributed by atoms with Gasteiger partial charge in [0, 0.05) is 13.2 Å². The first-order chi connectivity index (χ1) is 9.94. The van der Waals surface area contributed by atoms with Crippen LogP contribution in [0.4, 0.5) is 10.1 Å². The van der Waals surface area contributed by atoms with Crippen molar-refractivity contribution >= 4 is 15.7 Å². The molecule has 2 rings (SSSR count). The zero-order valence-corrected chi connectivity index (χ0v) is 12.6. The van der Waals surface area contributed by atoms with Gasteiger partial charge in [0.15, 0.2) is 0 Å². The summed E-state index contributed by atoms with van der Waals surface area (Å²) in [5, 5.41) is 9.34. The molecular weight excluding hydrogens is 295 g/mol. The Bertz CT molecular complexity index is 592. The zero-order valence-electron chi connectivity index (χ0n) is 11.8. The van der Waals surface area contributed by atoms with Crippen LogP contribution in [0.5, 0.6) is 0 Å².